The summed E-state index contributed by atoms with van der Waals surface area (Å²) in [5.41, 5.74) is 8.68. The molecule has 2 rings (SSSR count). The third-order valence-electron chi connectivity index (χ3n) is 2.75. The summed E-state index contributed by atoms with van der Waals surface area (Å²) >= 11 is 1.64. The summed E-state index contributed by atoms with van der Waals surface area (Å²) in [7, 11) is 1.51. The van der Waals surface area contributed by atoms with E-state index in [0.717, 1.165) is 5.56 Å². The molecule has 3 nitrogen and oxygen atoms in total. The molecule has 0 bridgehead atoms. The number of nitrogens with two attached hydrogens (primary N) is 1. The van der Waals surface area contributed by atoms with Crippen molar-refractivity contribution in [3.8, 4) is 5.75 Å². The first-order chi connectivity index (χ1) is 8.61. The van der Waals surface area contributed by atoms with Gasteiger partial charge in [0.1, 0.15) is 11.6 Å². The number of ether oxygens (including phenoxy) is 1. The highest BCUT2D eigenvalue weighted by Gasteiger charge is 2.08. The van der Waals surface area contributed by atoms with E-state index in [1.807, 2.05) is 6.92 Å². The maximum atomic E-state index is 13.7. The summed E-state index contributed by atoms with van der Waals surface area (Å²) in [6.45, 7) is 2.62. The highest BCUT2D eigenvalue weighted by Crippen LogP contribution is 2.28. The van der Waals surface area contributed by atoms with Gasteiger partial charge >= 0.3 is 0 Å². The number of thiophene rings is 1. The first kappa shape index (κ1) is 12.7. The molecule has 0 spiro atoms. The standard InChI is InChI=1S/C13H15FN2OS/c1-8-6-18-7-9(8)5-16-12-4-13(17-2)11(15)3-10(12)14/h3-4,6-7,16H,5,15H2,1-2H3. The van der Waals surface area contributed by atoms with Crippen molar-refractivity contribution in [3.05, 3.63) is 39.8 Å². The lowest BCUT2D eigenvalue weighted by Crippen LogP contribution is -2.03. The molecular formula is C13H15FN2OS. The molecule has 18 heavy (non-hydrogen) atoms. The number of nitrogen functional groups attached to an aromatic ring is 1. The Morgan fingerprint density at radius 1 is 1.39 bits per heavy atom. The molecule has 0 aliphatic carbocycles. The van der Waals surface area contributed by atoms with Crippen molar-refractivity contribution in [2.24, 2.45) is 0 Å². The zero-order valence-electron chi connectivity index (χ0n) is 10.3. The van der Waals surface area contributed by atoms with Crippen LogP contribution in [0.25, 0.3) is 0 Å². The van der Waals surface area contributed by atoms with Crippen molar-refractivity contribution in [1.82, 2.24) is 0 Å². The number of benzene rings is 1. The van der Waals surface area contributed by atoms with E-state index in [0.29, 0.717) is 23.7 Å². The molecule has 0 atom stereocenters. The molecule has 1 heterocycles. The Balaban J connectivity index is 2.16. The molecule has 0 unspecified atom stereocenters. The minimum absolute atomic E-state index is 0.298. The predicted octanol–water partition coefficient (Wildman–Crippen LogP) is 3.40. The van der Waals surface area contributed by atoms with Crippen LogP contribution in [0.4, 0.5) is 15.8 Å². The van der Waals surface area contributed by atoms with Gasteiger partial charge in [-0.05, 0) is 28.8 Å². The number of hydrogen-bond acceptors (Lipinski definition) is 4. The molecular weight excluding hydrogens is 251 g/mol. The van der Waals surface area contributed by atoms with E-state index in [1.165, 1.54) is 18.7 Å². The maximum absolute atomic E-state index is 13.7. The Hall–Kier alpha value is -1.75. The fraction of sp³-hybridized carbons (Fsp3) is 0.231. The molecule has 0 radical (unpaired) electrons. The van der Waals surface area contributed by atoms with Crippen LogP contribution in [0, 0.1) is 12.7 Å². The van der Waals surface area contributed by atoms with Gasteiger partial charge in [-0.15, -0.1) is 0 Å². The fourth-order valence-electron chi connectivity index (χ4n) is 1.64. The van der Waals surface area contributed by atoms with E-state index in [9.17, 15) is 4.39 Å². The smallest absolute Gasteiger partial charge is 0.148 e. The fourth-order valence-corrected chi connectivity index (χ4v) is 2.50. The first-order valence-electron chi connectivity index (χ1n) is 5.50. The molecule has 0 aliphatic heterocycles. The van der Waals surface area contributed by atoms with Crippen LogP contribution in [0.2, 0.25) is 0 Å². The molecule has 0 saturated carbocycles. The monoisotopic (exact) mass is 266 g/mol. The van der Waals surface area contributed by atoms with Crippen LogP contribution in [0.3, 0.4) is 0 Å². The van der Waals surface area contributed by atoms with Gasteiger partial charge in [0.2, 0.25) is 0 Å². The molecule has 2 aromatic rings. The number of hydrogen-bond donors (Lipinski definition) is 2. The van der Waals surface area contributed by atoms with Gasteiger partial charge in [0, 0.05) is 18.7 Å². The number of halogens is 1. The van der Waals surface area contributed by atoms with Gasteiger partial charge in [-0.25, -0.2) is 4.39 Å². The van der Waals surface area contributed by atoms with Crippen molar-refractivity contribution >= 4 is 22.7 Å². The molecule has 0 fully saturated rings. The van der Waals surface area contributed by atoms with Gasteiger partial charge in [-0.1, -0.05) is 0 Å². The molecule has 0 aliphatic rings. The van der Waals surface area contributed by atoms with Crippen LogP contribution in [0.1, 0.15) is 11.1 Å². The largest absolute Gasteiger partial charge is 0.495 e. The van der Waals surface area contributed by atoms with Gasteiger partial charge in [0.05, 0.1) is 18.5 Å². The van der Waals surface area contributed by atoms with Crippen LogP contribution < -0.4 is 15.8 Å². The predicted molar refractivity (Wildman–Crippen MR) is 73.7 cm³/mol. The molecule has 0 saturated heterocycles. The Morgan fingerprint density at radius 3 is 2.78 bits per heavy atom. The summed E-state index contributed by atoms with van der Waals surface area (Å²) < 4.78 is 18.8. The summed E-state index contributed by atoms with van der Waals surface area (Å²) in [5.74, 6) is 0.0992. The van der Waals surface area contributed by atoms with Gasteiger partial charge in [0.15, 0.2) is 0 Å². The van der Waals surface area contributed by atoms with Crippen molar-refractivity contribution in [2.45, 2.75) is 13.5 Å². The van der Waals surface area contributed by atoms with Crippen molar-refractivity contribution in [2.75, 3.05) is 18.2 Å². The lowest BCUT2D eigenvalue weighted by atomic mass is 10.2. The average Bonchev–Trinajstić information content (AvgIpc) is 2.74. The summed E-state index contributed by atoms with van der Waals surface area (Å²) in [6, 6.07) is 2.84. The minimum atomic E-state index is -0.374. The first-order valence-corrected chi connectivity index (χ1v) is 6.44. The second kappa shape index (κ2) is 5.27. The summed E-state index contributed by atoms with van der Waals surface area (Å²) in [5, 5.41) is 7.17. The van der Waals surface area contributed by atoms with E-state index in [2.05, 4.69) is 16.1 Å². The summed E-state index contributed by atoms with van der Waals surface area (Å²) in [4.78, 5) is 0. The van der Waals surface area contributed by atoms with E-state index in [4.69, 9.17) is 10.5 Å². The van der Waals surface area contributed by atoms with E-state index >= 15 is 0 Å². The van der Waals surface area contributed by atoms with Crippen LogP contribution in [0.15, 0.2) is 22.9 Å². The molecule has 3 N–H and O–H groups in total. The lowest BCUT2D eigenvalue weighted by Gasteiger charge is -2.11. The maximum Gasteiger partial charge on any atom is 0.148 e. The number of methoxy groups -OCH3 is 1. The van der Waals surface area contributed by atoms with E-state index < -0.39 is 0 Å². The van der Waals surface area contributed by atoms with Crippen molar-refractivity contribution < 1.29 is 9.13 Å². The van der Waals surface area contributed by atoms with Crippen LogP contribution >= 0.6 is 11.3 Å². The Kier molecular flexibility index (Phi) is 3.72. The topological polar surface area (TPSA) is 47.3 Å². The van der Waals surface area contributed by atoms with Crippen molar-refractivity contribution in [1.29, 1.82) is 0 Å². The second-order valence-corrected chi connectivity index (χ2v) is 4.75. The van der Waals surface area contributed by atoms with Gasteiger partial charge in [-0.3, -0.25) is 0 Å². The second-order valence-electron chi connectivity index (χ2n) is 4.01. The van der Waals surface area contributed by atoms with E-state index in [-0.39, 0.29) is 5.82 Å². The number of anilines is 2. The van der Waals surface area contributed by atoms with E-state index in [1.54, 1.807) is 17.4 Å². The molecule has 0 amide bonds. The van der Waals surface area contributed by atoms with Crippen molar-refractivity contribution in [3.63, 3.8) is 0 Å². The van der Waals surface area contributed by atoms with Crippen LogP contribution in [-0.2, 0) is 6.54 Å². The zero-order chi connectivity index (χ0) is 13.1. The Morgan fingerprint density at radius 2 is 2.17 bits per heavy atom. The van der Waals surface area contributed by atoms with Gasteiger partial charge in [0.25, 0.3) is 0 Å². The third-order valence-corrected chi connectivity index (χ3v) is 3.66. The SMILES string of the molecule is COc1cc(NCc2cscc2C)c(F)cc1N. The lowest BCUT2D eigenvalue weighted by molar-refractivity contribution is 0.416. The zero-order valence-corrected chi connectivity index (χ0v) is 11.1. The number of nitrogens with one attached hydrogen (secondary N) is 1. The number of aryl methyl sites for hydroxylation is 1. The average molecular weight is 266 g/mol. The third kappa shape index (κ3) is 2.56. The van der Waals surface area contributed by atoms with Crippen LogP contribution in [0.5, 0.6) is 5.75 Å². The van der Waals surface area contributed by atoms with Gasteiger partial charge < -0.3 is 15.8 Å². The molecule has 1 aromatic heterocycles. The van der Waals surface area contributed by atoms with Gasteiger partial charge in [-0.2, -0.15) is 11.3 Å². The minimum Gasteiger partial charge on any atom is -0.495 e. The Bertz CT molecular complexity index is 554. The molecule has 1 aromatic carbocycles. The van der Waals surface area contributed by atoms with Crippen LogP contribution in [-0.4, -0.2) is 7.11 Å². The Labute approximate surface area is 109 Å². The normalized spacial score (nSPS) is 10.4. The highest BCUT2D eigenvalue weighted by molar-refractivity contribution is 7.08. The molecule has 5 heteroatoms. The highest BCUT2D eigenvalue weighted by atomic mass is 32.1. The molecule has 96 valence electrons. The number of rotatable bonds is 4. The summed E-state index contributed by atoms with van der Waals surface area (Å²) in [6.07, 6.45) is 0. The quantitative estimate of drug-likeness (QED) is 0.834.